The molecule has 0 fully saturated rings. The molecule has 10 heteroatoms. The third-order valence-corrected chi connectivity index (χ3v) is 9.94. The van der Waals surface area contributed by atoms with Crippen LogP contribution in [0.5, 0.6) is 0 Å². The Hall–Kier alpha value is -0.237. The van der Waals surface area contributed by atoms with E-state index in [-0.39, 0.29) is 82.9 Å². The summed E-state index contributed by atoms with van der Waals surface area (Å²) < 4.78 is 0. The van der Waals surface area contributed by atoms with Gasteiger partial charge in [-0.05, 0) is 51.4 Å². The van der Waals surface area contributed by atoms with Crippen LogP contribution in [0.15, 0.2) is 0 Å². The summed E-state index contributed by atoms with van der Waals surface area (Å²) in [6.45, 7) is 8.89. The number of carboxylic acids is 4. The van der Waals surface area contributed by atoms with Crippen LogP contribution in [0.25, 0.3) is 0 Å². The van der Waals surface area contributed by atoms with Gasteiger partial charge >= 0.3 is 57.2 Å². The van der Waals surface area contributed by atoms with Gasteiger partial charge in [-0.1, -0.05) is 233 Å². The van der Waals surface area contributed by atoms with Crippen LogP contribution >= 0.6 is 0 Å². The number of aliphatic carboxylic acids is 4. The van der Waals surface area contributed by atoms with Crippen LogP contribution < -0.4 is 20.4 Å². The summed E-state index contributed by atoms with van der Waals surface area (Å²) in [4.78, 5) is 40.4. The Morgan fingerprint density at radius 2 is 0.345 bits per heavy atom. The van der Waals surface area contributed by atoms with Crippen LogP contribution in [0.1, 0.15) is 285 Å². The molecular weight excluding hydrogens is 810 g/mol. The van der Waals surface area contributed by atoms with Crippen molar-refractivity contribution in [3.8, 4) is 0 Å². The SMILES string of the molecule is CCCCCCCCCCCC(=O)[O-].CCCCCCCCCCCC(=O)[O-].CCCCCCCCCCCC(=O)[O-].CCCCCCCCCCCC(=O)[O-].[Ca+2].[Zn+2]. The first-order chi connectivity index (χ1) is 27.1. The largest absolute Gasteiger partial charge is 2.00 e. The molecule has 0 heterocycles. The molecule has 0 unspecified atom stereocenters. The van der Waals surface area contributed by atoms with Gasteiger partial charge < -0.3 is 39.6 Å². The zero-order valence-corrected chi connectivity index (χ0v) is 44.1. The van der Waals surface area contributed by atoms with E-state index < -0.39 is 23.9 Å². The molecule has 0 atom stereocenters. The van der Waals surface area contributed by atoms with E-state index in [0.717, 1.165) is 51.4 Å². The molecule has 0 aliphatic heterocycles. The van der Waals surface area contributed by atoms with E-state index in [0.29, 0.717) is 0 Å². The first-order valence-corrected chi connectivity index (χ1v) is 23.9. The number of carbonyl (C=O) groups excluding carboxylic acids is 4. The van der Waals surface area contributed by atoms with Crippen molar-refractivity contribution >= 4 is 61.6 Å². The molecule has 0 saturated carbocycles. The summed E-state index contributed by atoms with van der Waals surface area (Å²) in [5.74, 6) is -3.64. The summed E-state index contributed by atoms with van der Waals surface area (Å²) in [7, 11) is 0. The van der Waals surface area contributed by atoms with E-state index in [4.69, 9.17) is 0 Å². The molecule has 0 amide bonds. The molecule has 58 heavy (non-hydrogen) atoms. The van der Waals surface area contributed by atoms with Gasteiger partial charge in [-0.3, -0.25) is 0 Å². The third kappa shape index (κ3) is 87.3. The predicted molar refractivity (Wildman–Crippen MR) is 233 cm³/mol. The van der Waals surface area contributed by atoms with Gasteiger partial charge in [-0.25, -0.2) is 0 Å². The second-order valence-corrected chi connectivity index (χ2v) is 15.8. The maximum Gasteiger partial charge on any atom is 2.00 e. The van der Waals surface area contributed by atoms with Crippen molar-refractivity contribution in [1.82, 2.24) is 0 Å². The van der Waals surface area contributed by atoms with E-state index in [1.807, 2.05) is 0 Å². The number of unbranched alkanes of at least 4 members (excludes halogenated alkanes) is 32. The Morgan fingerprint density at radius 3 is 0.448 bits per heavy atom. The fourth-order valence-electron chi connectivity index (χ4n) is 6.32. The minimum absolute atomic E-state index is 0. The third-order valence-electron chi connectivity index (χ3n) is 9.94. The predicted octanol–water partition coefficient (Wildman–Crippen LogP) is 10.2. The zero-order chi connectivity index (χ0) is 42.6. The van der Waals surface area contributed by atoms with E-state index in [1.54, 1.807) is 0 Å². The van der Waals surface area contributed by atoms with Gasteiger partial charge in [0.25, 0.3) is 0 Å². The van der Waals surface area contributed by atoms with Crippen molar-refractivity contribution in [2.45, 2.75) is 285 Å². The Kier molecular flexibility index (Phi) is 78.9. The second-order valence-electron chi connectivity index (χ2n) is 15.8. The van der Waals surface area contributed by atoms with Crippen molar-refractivity contribution in [3.05, 3.63) is 0 Å². The molecule has 0 aliphatic carbocycles. The number of carboxylic acid groups (broad SMARTS) is 4. The molecule has 0 saturated heterocycles. The molecule has 0 spiro atoms. The molecule has 0 rings (SSSR count). The fourth-order valence-corrected chi connectivity index (χ4v) is 6.32. The summed E-state index contributed by atoms with van der Waals surface area (Å²) in [6.07, 6.45) is 44.7. The number of hydrogen-bond acceptors (Lipinski definition) is 8. The summed E-state index contributed by atoms with van der Waals surface area (Å²) in [6, 6.07) is 0. The average molecular weight is 903 g/mol. The van der Waals surface area contributed by atoms with Crippen molar-refractivity contribution in [1.29, 1.82) is 0 Å². The monoisotopic (exact) mass is 901 g/mol. The molecule has 0 radical (unpaired) electrons. The molecule has 0 aromatic heterocycles. The Labute approximate surface area is 402 Å². The maximum atomic E-state index is 10.1. The molecular formula is C48H92CaO8Zn. The topological polar surface area (TPSA) is 161 Å². The average Bonchev–Trinajstić information content (AvgIpc) is 3.15. The van der Waals surface area contributed by atoms with Crippen molar-refractivity contribution in [3.63, 3.8) is 0 Å². The van der Waals surface area contributed by atoms with E-state index in [2.05, 4.69) is 27.7 Å². The Bertz CT molecular complexity index is 672. The minimum atomic E-state index is -0.909. The first kappa shape index (κ1) is 69.5. The maximum absolute atomic E-state index is 10.1. The molecule has 8 nitrogen and oxygen atoms in total. The molecule has 0 bridgehead atoms. The summed E-state index contributed by atoms with van der Waals surface area (Å²) >= 11 is 0. The van der Waals surface area contributed by atoms with Gasteiger partial charge in [0.05, 0.1) is 0 Å². The van der Waals surface area contributed by atoms with Gasteiger partial charge in [-0.2, -0.15) is 0 Å². The van der Waals surface area contributed by atoms with Crippen LogP contribution in [0.3, 0.4) is 0 Å². The molecule has 0 aromatic carbocycles. The molecule has 0 N–H and O–H groups in total. The van der Waals surface area contributed by atoms with E-state index >= 15 is 0 Å². The number of rotatable bonds is 40. The van der Waals surface area contributed by atoms with Gasteiger partial charge in [0.2, 0.25) is 0 Å². The normalized spacial score (nSPS) is 10.0. The standard InChI is InChI=1S/4C12H24O2.Ca.Zn/c4*1-2-3-4-5-6-7-8-9-10-11-12(13)14;;/h4*2-11H2,1H3,(H,13,14);;/q;;;;2*+2/p-4. The number of hydrogen-bond donors (Lipinski definition) is 0. The summed E-state index contributed by atoms with van der Waals surface area (Å²) in [5, 5.41) is 40.4. The van der Waals surface area contributed by atoms with Gasteiger partial charge in [0, 0.05) is 23.9 Å². The van der Waals surface area contributed by atoms with Crippen molar-refractivity contribution in [2.24, 2.45) is 0 Å². The molecule has 0 aromatic rings. The smallest absolute Gasteiger partial charge is 0.550 e. The zero-order valence-electron chi connectivity index (χ0n) is 39.0. The van der Waals surface area contributed by atoms with Crippen molar-refractivity contribution < 1.29 is 59.1 Å². The second kappa shape index (κ2) is 65.9. The van der Waals surface area contributed by atoms with Crippen LogP contribution in [0.4, 0.5) is 0 Å². The quantitative estimate of drug-likeness (QED) is 0.0434. The first-order valence-electron chi connectivity index (χ1n) is 23.9. The molecule has 336 valence electrons. The van der Waals surface area contributed by atoms with E-state index in [9.17, 15) is 39.6 Å². The summed E-state index contributed by atoms with van der Waals surface area (Å²) in [5.41, 5.74) is 0. The van der Waals surface area contributed by atoms with Gasteiger partial charge in [-0.15, -0.1) is 0 Å². The molecule has 0 aliphatic rings. The van der Waals surface area contributed by atoms with Crippen LogP contribution in [-0.2, 0) is 38.7 Å². The van der Waals surface area contributed by atoms with Crippen LogP contribution in [-0.4, -0.2) is 61.6 Å². The fraction of sp³-hybridized carbons (Fsp3) is 0.917. The van der Waals surface area contributed by atoms with Crippen LogP contribution in [0, 0.1) is 0 Å². The van der Waals surface area contributed by atoms with Gasteiger partial charge in [0.1, 0.15) is 0 Å². The van der Waals surface area contributed by atoms with E-state index in [1.165, 1.54) is 180 Å². The van der Waals surface area contributed by atoms with Crippen LogP contribution in [0.2, 0.25) is 0 Å². The number of carbonyl (C=O) groups is 4. The minimum Gasteiger partial charge on any atom is -0.550 e. The Morgan fingerprint density at radius 1 is 0.241 bits per heavy atom. The van der Waals surface area contributed by atoms with Gasteiger partial charge in [0.15, 0.2) is 0 Å². The van der Waals surface area contributed by atoms with Crippen molar-refractivity contribution in [2.75, 3.05) is 0 Å². The Balaban J connectivity index is -0.000000154.